The SMILES string of the molecule is CN1C(=O)CSC1c1cccs1. The Labute approximate surface area is 79.6 Å². The maximum atomic E-state index is 11.2. The molecular weight excluding hydrogens is 190 g/mol. The fourth-order valence-corrected chi connectivity index (χ4v) is 3.40. The highest BCUT2D eigenvalue weighted by Crippen LogP contribution is 2.39. The van der Waals surface area contributed by atoms with Crippen molar-refractivity contribution >= 4 is 29.0 Å². The van der Waals surface area contributed by atoms with Crippen LogP contribution in [-0.2, 0) is 4.79 Å². The molecule has 12 heavy (non-hydrogen) atoms. The van der Waals surface area contributed by atoms with Crippen molar-refractivity contribution in [3.8, 4) is 0 Å². The molecule has 0 N–H and O–H groups in total. The smallest absolute Gasteiger partial charge is 0.233 e. The molecule has 1 aromatic heterocycles. The monoisotopic (exact) mass is 199 g/mol. The fraction of sp³-hybridized carbons (Fsp3) is 0.375. The van der Waals surface area contributed by atoms with E-state index in [1.54, 1.807) is 23.1 Å². The molecule has 2 heterocycles. The first kappa shape index (κ1) is 8.13. The van der Waals surface area contributed by atoms with Gasteiger partial charge in [0.2, 0.25) is 5.91 Å². The largest absolute Gasteiger partial charge is 0.328 e. The Bertz CT molecular complexity index is 283. The van der Waals surface area contributed by atoms with Crippen LogP contribution >= 0.6 is 23.1 Å². The lowest BCUT2D eigenvalue weighted by molar-refractivity contribution is -0.126. The van der Waals surface area contributed by atoms with Crippen molar-refractivity contribution in [2.24, 2.45) is 0 Å². The number of carbonyl (C=O) groups is 1. The van der Waals surface area contributed by atoms with Crippen LogP contribution in [0.25, 0.3) is 0 Å². The second-order valence-corrected chi connectivity index (χ2v) is 4.73. The lowest BCUT2D eigenvalue weighted by atomic mass is 10.4. The van der Waals surface area contributed by atoms with Crippen LogP contribution in [0, 0.1) is 0 Å². The van der Waals surface area contributed by atoms with Crippen LogP contribution in [-0.4, -0.2) is 23.6 Å². The normalized spacial score (nSPS) is 23.6. The summed E-state index contributed by atoms with van der Waals surface area (Å²) in [6, 6.07) is 4.11. The number of amides is 1. The molecule has 2 nitrogen and oxygen atoms in total. The Kier molecular flexibility index (Phi) is 2.11. The number of carbonyl (C=O) groups excluding carboxylic acids is 1. The van der Waals surface area contributed by atoms with Crippen LogP contribution in [0.1, 0.15) is 10.3 Å². The molecule has 0 spiro atoms. The summed E-state index contributed by atoms with van der Waals surface area (Å²) < 4.78 is 0. The van der Waals surface area contributed by atoms with Gasteiger partial charge in [0.25, 0.3) is 0 Å². The van der Waals surface area contributed by atoms with E-state index >= 15 is 0 Å². The summed E-state index contributed by atoms with van der Waals surface area (Å²) >= 11 is 3.41. The minimum Gasteiger partial charge on any atom is -0.328 e. The van der Waals surface area contributed by atoms with Crippen molar-refractivity contribution in [2.75, 3.05) is 12.8 Å². The van der Waals surface area contributed by atoms with Gasteiger partial charge >= 0.3 is 0 Å². The van der Waals surface area contributed by atoms with Crippen molar-refractivity contribution in [3.05, 3.63) is 22.4 Å². The van der Waals surface area contributed by atoms with Gasteiger partial charge in [-0.25, -0.2) is 0 Å². The van der Waals surface area contributed by atoms with Gasteiger partial charge in [0.1, 0.15) is 5.37 Å². The average molecular weight is 199 g/mol. The number of thioether (sulfide) groups is 1. The zero-order chi connectivity index (χ0) is 8.55. The third kappa shape index (κ3) is 1.25. The molecule has 1 atom stereocenters. The van der Waals surface area contributed by atoms with E-state index in [4.69, 9.17) is 0 Å². The predicted octanol–water partition coefficient (Wildman–Crippen LogP) is 1.95. The first-order valence-electron chi connectivity index (χ1n) is 3.69. The summed E-state index contributed by atoms with van der Waals surface area (Å²) in [5, 5.41) is 2.31. The molecule has 64 valence electrons. The fourth-order valence-electron chi connectivity index (χ4n) is 1.20. The molecule has 1 amide bonds. The maximum absolute atomic E-state index is 11.2. The maximum Gasteiger partial charge on any atom is 0.233 e. The molecule has 1 aromatic rings. The van der Waals surface area contributed by atoms with Crippen LogP contribution in [0.2, 0.25) is 0 Å². The van der Waals surface area contributed by atoms with E-state index in [1.807, 2.05) is 23.4 Å². The predicted molar refractivity (Wildman–Crippen MR) is 52.3 cm³/mol. The Morgan fingerprint density at radius 2 is 2.50 bits per heavy atom. The highest BCUT2D eigenvalue weighted by atomic mass is 32.2. The molecule has 0 radical (unpaired) electrons. The number of thiophene rings is 1. The Balaban J connectivity index is 2.21. The van der Waals surface area contributed by atoms with E-state index in [-0.39, 0.29) is 11.3 Å². The molecule has 4 heteroatoms. The second kappa shape index (κ2) is 3.11. The standard InChI is InChI=1S/C8H9NOS2/c1-9-7(10)5-12-8(9)6-3-2-4-11-6/h2-4,8H,5H2,1H3. The number of rotatable bonds is 1. The van der Waals surface area contributed by atoms with Crippen LogP contribution < -0.4 is 0 Å². The minimum atomic E-state index is 0.235. The van der Waals surface area contributed by atoms with Gasteiger partial charge in [0, 0.05) is 11.9 Å². The first-order valence-corrected chi connectivity index (χ1v) is 5.62. The van der Waals surface area contributed by atoms with Crippen molar-refractivity contribution in [1.29, 1.82) is 0 Å². The average Bonchev–Trinajstić information content (AvgIpc) is 2.64. The highest BCUT2D eigenvalue weighted by Gasteiger charge is 2.29. The van der Waals surface area contributed by atoms with Gasteiger partial charge < -0.3 is 4.90 Å². The van der Waals surface area contributed by atoms with E-state index in [2.05, 4.69) is 6.07 Å². The quantitative estimate of drug-likeness (QED) is 0.689. The zero-order valence-corrected chi connectivity index (χ0v) is 8.32. The third-order valence-electron chi connectivity index (χ3n) is 1.90. The Morgan fingerprint density at radius 3 is 3.00 bits per heavy atom. The van der Waals surface area contributed by atoms with Crippen molar-refractivity contribution in [3.63, 3.8) is 0 Å². The van der Waals surface area contributed by atoms with Crippen LogP contribution in [0.4, 0.5) is 0 Å². The van der Waals surface area contributed by atoms with E-state index in [0.717, 1.165) is 0 Å². The van der Waals surface area contributed by atoms with Gasteiger partial charge in [0.15, 0.2) is 0 Å². The van der Waals surface area contributed by atoms with Gasteiger partial charge in [-0.2, -0.15) is 0 Å². The highest BCUT2D eigenvalue weighted by molar-refractivity contribution is 8.00. The molecule has 1 saturated heterocycles. The molecule has 1 fully saturated rings. The molecule has 2 rings (SSSR count). The van der Waals surface area contributed by atoms with Gasteiger partial charge in [-0.3, -0.25) is 4.79 Å². The van der Waals surface area contributed by atoms with Crippen LogP contribution in [0.3, 0.4) is 0 Å². The van der Waals surface area contributed by atoms with Crippen molar-refractivity contribution in [2.45, 2.75) is 5.37 Å². The molecule has 0 aromatic carbocycles. The first-order chi connectivity index (χ1) is 5.79. The molecule has 1 unspecified atom stereocenters. The van der Waals surface area contributed by atoms with E-state index in [1.165, 1.54) is 4.88 Å². The zero-order valence-electron chi connectivity index (χ0n) is 6.69. The lowest BCUT2D eigenvalue weighted by Gasteiger charge is -2.16. The van der Waals surface area contributed by atoms with E-state index in [0.29, 0.717) is 5.75 Å². The number of hydrogen-bond donors (Lipinski definition) is 0. The van der Waals surface area contributed by atoms with E-state index < -0.39 is 0 Å². The molecule has 1 aliphatic rings. The van der Waals surface area contributed by atoms with Gasteiger partial charge in [-0.1, -0.05) is 6.07 Å². The summed E-state index contributed by atoms with van der Waals surface area (Å²) in [7, 11) is 1.87. The lowest BCUT2D eigenvalue weighted by Crippen LogP contribution is -2.22. The van der Waals surface area contributed by atoms with E-state index in [9.17, 15) is 4.79 Å². The number of nitrogens with zero attached hydrogens (tertiary/aromatic N) is 1. The topological polar surface area (TPSA) is 20.3 Å². The molecule has 0 aliphatic carbocycles. The van der Waals surface area contributed by atoms with Crippen molar-refractivity contribution in [1.82, 2.24) is 4.90 Å². The van der Waals surface area contributed by atoms with Gasteiger partial charge in [0.05, 0.1) is 5.75 Å². The summed E-state index contributed by atoms with van der Waals surface area (Å²) in [5.74, 6) is 0.859. The summed E-state index contributed by atoms with van der Waals surface area (Å²) in [6.45, 7) is 0. The molecule has 1 aliphatic heterocycles. The second-order valence-electron chi connectivity index (χ2n) is 2.68. The van der Waals surface area contributed by atoms with Gasteiger partial charge in [-0.15, -0.1) is 23.1 Å². The summed E-state index contributed by atoms with van der Waals surface area (Å²) in [6.07, 6.45) is 0. The molecule has 0 bridgehead atoms. The Morgan fingerprint density at radius 1 is 1.67 bits per heavy atom. The number of hydrogen-bond acceptors (Lipinski definition) is 3. The molecule has 0 saturated carbocycles. The summed E-state index contributed by atoms with van der Waals surface area (Å²) in [5.41, 5.74) is 0. The van der Waals surface area contributed by atoms with Gasteiger partial charge in [-0.05, 0) is 11.4 Å². The molecular formula is C8H9NOS2. The minimum absolute atomic E-state index is 0.235. The van der Waals surface area contributed by atoms with Crippen LogP contribution in [0.15, 0.2) is 17.5 Å². The Hall–Kier alpha value is -0.480. The third-order valence-corrected chi connectivity index (χ3v) is 4.27. The summed E-state index contributed by atoms with van der Waals surface area (Å²) in [4.78, 5) is 14.3. The van der Waals surface area contributed by atoms with Crippen LogP contribution in [0.5, 0.6) is 0 Å². The van der Waals surface area contributed by atoms with Crippen molar-refractivity contribution < 1.29 is 4.79 Å².